The molecule has 0 unspecified atom stereocenters. The average Bonchev–Trinajstić information content (AvgIpc) is 3.06. The standard InChI is InChI=1S/C40H33NO2/c1-28(42)40(29(2)43-3)35-15-14-34-20-25-39(27-36(34)26-35)41(37-21-16-32(17-22-37)30-10-6-4-7-11-30)38-23-18-33(19-24-38)31-12-8-5-9-13-31/h4-27H,1-3H3/b40-29+. The van der Waals surface area contributed by atoms with Crippen molar-refractivity contribution in [2.45, 2.75) is 13.8 Å². The van der Waals surface area contributed by atoms with Gasteiger partial charge in [-0.2, -0.15) is 0 Å². The normalized spacial score (nSPS) is 11.6. The number of carbonyl (C=O) groups excluding carboxylic acids is 1. The number of hydrogen-bond acceptors (Lipinski definition) is 3. The van der Waals surface area contributed by atoms with Gasteiger partial charge in [-0.25, -0.2) is 0 Å². The molecule has 0 amide bonds. The third kappa shape index (κ3) is 5.84. The third-order valence-corrected chi connectivity index (χ3v) is 7.85. The summed E-state index contributed by atoms with van der Waals surface area (Å²) in [6, 6.07) is 50.8. The van der Waals surface area contributed by atoms with Gasteiger partial charge in [0.15, 0.2) is 5.78 Å². The maximum atomic E-state index is 12.5. The Labute approximate surface area is 253 Å². The van der Waals surface area contributed by atoms with Gasteiger partial charge < -0.3 is 9.64 Å². The lowest BCUT2D eigenvalue weighted by atomic mass is 9.97. The van der Waals surface area contributed by atoms with Gasteiger partial charge in [-0.1, -0.05) is 103 Å². The van der Waals surface area contributed by atoms with Crippen LogP contribution in [0.2, 0.25) is 0 Å². The van der Waals surface area contributed by atoms with E-state index in [9.17, 15) is 4.79 Å². The zero-order chi connectivity index (χ0) is 29.8. The van der Waals surface area contributed by atoms with Crippen LogP contribution in [0.5, 0.6) is 0 Å². The number of ether oxygens (including phenoxy) is 1. The van der Waals surface area contributed by atoms with E-state index < -0.39 is 0 Å². The van der Waals surface area contributed by atoms with Crippen LogP contribution in [-0.4, -0.2) is 12.9 Å². The highest BCUT2D eigenvalue weighted by Crippen LogP contribution is 2.38. The zero-order valence-electron chi connectivity index (χ0n) is 24.6. The van der Waals surface area contributed by atoms with Crippen molar-refractivity contribution in [2.24, 2.45) is 0 Å². The molecule has 0 N–H and O–H groups in total. The Balaban J connectivity index is 1.46. The van der Waals surface area contributed by atoms with E-state index in [0.29, 0.717) is 11.3 Å². The first-order valence-corrected chi connectivity index (χ1v) is 14.4. The van der Waals surface area contributed by atoms with Crippen LogP contribution in [0.1, 0.15) is 19.4 Å². The van der Waals surface area contributed by atoms with Gasteiger partial charge in [-0.3, -0.25) is 4.79 Å². The number of anilines is 3. The van der Waals surface area contributed by atoms with Gasteiger partial charge in [0.25, 0.3) is 0 Å². The highest BCUT2D eigenvalue weighted by Gasteiger charge is 2.16. The predicted molar refractivity (Wildman–Crippen MR) is 180 cm³/mol. The van der Waals surface area contributed by atoms with Gasteiger partial charge in [0.05, 0.1) is 12.7 Å². The molecule has 3 nitrogen and oxygen atoms in total. The summed E-state index contributed by atoms with van der Waals surface area (Å²) in [5.74, 6) is 0.593. The van der Waals surface area contributed by atoms with E-state index in [1.165, 1.54) is 22.3 Å². The summed E-state index contributed by atoms with van der Waals surface area (Å²) in [6.45, 7) is 3.41. The van der Waals surface area contributed by atoms with Crippen LogP contribution in [0.3, 0.4) is 0 Å². The van der Waals surface area contributed by atoms with Crippen molar-refractivity contribution in [3.05, 3.63) is 157 Å². The smallest absolute Gasteiger partial charge is 0.163 e. The first-order chi connectivity index (χ1) is 21.0. The van der Waals surface area contributed by atoms with Gasteiger partial charge >= 0.3 is 0 Å². The molecule has 0 saturated carbocycles. The van der Waals surface area contributed by atoms with Crippen molar-refractivity contribution in [3.8, 4) is 22.3 Å². The second kappa shape index (κ2) is 12.2. The van der Waals surface area contributed by atoms with Crippen LogP contribution >= 0.6 is 0 Å². The van der Waals surface area contributed by atoms with Crippen LogP contribution in [0.25, 0.3) is 38.6 Å². The molecular formula is C40H33NO2. The van der Waals surface area contributed by atoms with Gasteiger partial charge in [0, 0.05) is 17.1 Å². The number of carbonyl (C=O) groups is 1. The molecule has 0 atom stereocenters. The Kier molecular flexibility index (Phi) is 7.88. The molecule has 0 aliphatic rings. The quantitative estimate of drug-likeness (QED) is 0.137. The summed E-state index contributed by atoms with van der Waals surface area (Å²) >= 11 is 0. The summed E-state index contributed by atoms with van der Waals surface area (Å²) in [4.78, 5) is 14.8. The number of hydrogen-bond donors (Lipinski definition) is 0. The molecule has 6 aromatic rings. The number of benzene rings is 6. The third-order valence-electron chi connectivity index (χ3n) is 7.85. The lowest BCUT2D eigenvalue weighted by molar-refractivity contribution is -0.111. The number of methoxy groups -OCH3 is 1. The van der Waals surface area contributed by atoms with Crippen LogP contribution in [-0.2, 0) is 9.53 Å². The number of nitrogens with zero attached hydrogens (tertiary/aromatic N) is 1. The van der Waals surface area contributed by atoms with Crippen molar-refractivity contribution in [3.63, 3.8) is 0 Å². The van der Waals surface area contributed by atoms with E-state index in [1.807, 2.05) is 25.1 Å². The molecule has 6 aromatic carbocycles. The molecule has 0 bridgehead atoms. The minimum atomic E-state index is -0.0199. The van der Waals surface area contributed by atoms with Crippen LogP contribution in [0, 0.1) is 0 Å². The first kappa shape index (κ1) is 27.7. The second-order valence-corrected chi connectivity index (χ2v) is 10.6. The van der Waals surface area contributed by atoms with Crippen molar-refractivity contribution >= 4 is 39.2 Å². The molecule has 43 heavy (non-hydrogen) atoms. The number of Topliss-reactive ketones (excluding diaryl/α,β-unsaturated/α-hetero) is 1. The maximum absolute atomic E-state index is 12.5. The molecule has 0 aliphatic heterocycles. The molecule has 0 radical (unpaired) electrons. The zero-order valence-corrected chi connectivity index (χ0v) is 24.6. The molecule has 0 saturated heterocycles. The van der Waals surface area contributed by atoms with Crippen molar-refractivity contribution < 1.29 is 9.53 Å². The minimum Gasteiger partial charge on any atom is -0.501 e. The largest absolute Gasteiger partial charge is 0.501 e. The Bertz CT molecular complexity index is 1820. The Morgan fingerprint density at radius 2 is 0.977 bits per heavy atom. The molecule has 0 aliphatic carbocycles. The van der Waals surface area contributed by atoms with Gasteiger partial charge in [-0.05, 0) is 94.9 Å². The van der Waals surface area contributed by atoms with Crippen molar-refractivity contribution in [2.75, 3.05) is 12.0 Å². The van der Waals surface area contributed by atoms with Crippen LogP contribution in [0.15, 0.2) is 151 Å². The SMILES string of the molecule is CO/C(C)=C(\C(C)=O)c1ccc2ccc(N(c3ccc(-c4ccccc4)cc3)c3ccc(-c4ccccc4)cc3)cc2c1. The van der Waals surface area contributed by atoms with Crippen molar-refractivity contribution in [1.29, 1.82) is 0 Å². The van der Waals surface area contributed by atoms with Gasteiger partial charge in [-0.15, -0.1) is 0 Å². The van der Waals surface area contributed by atoms with E-state index in [2.05, 4.69) is 132 Å². The van der Waals surface area contributed by atoms with Crippen molar-refractivity contribution in [1.82, 2.24) is 0 Å². The molecule has 6 rings (SSSR count). The van der Waals surface area contributed by atoms with Gasteiger partial charge in [0.2, 0.25) is 0 Å². The van der Waals surface area contributed by atoms with E-state index >= 15 is 0 Å². The molecule has 0 fully saturated rings. The number of fused-ring (bicyclic) bond motifs is 1. The summed E-state index contributed by atoms with van der Waals surface area (Å²) < 4.78 is 5.45. The van der Waals surface area contributed by atoms with E-state index in [0.717, 1.165) is 33.4 Å². The van der Waals surface area contributed by atoms with E-state index in [1.54, 1.807) is 14.0 Å². The molecule has 3 heteroatoms. The minimum absolute atomic E-state index is 0.0199. The second-order valence-electron chi connectivity index (χ2n) is 10.6. The lowest BCUT2D eigenvalue weighted by Crippen LogP contribution is -2.10. The summed E-state index contributed by atoms with van der Waals surface area (Å²) in [5.41, 5.74) is 9.30. The Morgan fingerprint density at radius 1 is 0.512 bits per heavy atom. The average molecular weight is 560 g/mol. The highest BCUT2D eigenvalue weighted by atomic mass is 16.5. The molecule has 0 heterocycles. The number of allylic oxidation sites excluding steroid dienone is 2. The lowest BCUT2D eigenvalue weighted by Gasteiger charge is -2.26. The summed E-state index contributed by atoms with van der Waals surface area (Å²) in [6.07, 6.45) is 0. The molecule has 0 spiro atoms. The highest BCUT2D eigenvalue weighted by molar-refractivity contribution is 6.20. The van der Waals surface area contributed by atoms with Gasteiger partial charge in [0.1, 0.15) is 5.76 Å². The Morgan fingerprint density at radius 3 is 1.47 bits per heavy atom. The molecule has 210 valence electrons. The number of rotatable bonds is 8. The topological polar surface area (TPSA) is 29.5 Å². The van der Waals surface area contributed by atoms with E-state index in [-0.39, 0.29) is 5.78 Å². The fourth-order valence-corrected chi connectivity index (χ4v) is 5.60. The van der Waals surface area contributed by atoms with E-state index in [4.69, 9.17) is 4.74 Å². The summed E-state index contributed by atoms with van der Waals surface area (Å²) in [5, 5.41) is 2.15. The Hall–Kier alpha value is -5.41. The fraction of sp³-hybridized carbons (Fsp3) is 0.0750. The van der Waals surface area contributed by atoms with Crippen LogP contribution in [0.4, 0.5) is 17.1 Å². The fourth-order valence-electron chi connectivity index (χ4n) is 5.60. The predicted octanol–water partition coefficient (Wildman–Crippen LogP) is 10.6. The summed E-state index contributed by atoms with van der Waals surface area (Å²) in [7, 11) is 1.60. The monoisotopic (exact) mass is 559 g/mol. The molecule has 0 aromatic heterocycles. The van der Waals surface area contributed by atoms with Crippen LogP contribution < -0.4 is 4.90 Å². The molecular weight excluding hydrogens is 526 g/mol. The first-order valence-electron chi connectivity index (χ1n) is 14.4. The number of ketones is 1. The maximum Gasteiger partial charge on any atom is 0.163 e.